The van der Waals surface area contributed by atoms with Crippen LogP contribution < -0.4 is 10.6 Å². The number of rotatable bonds is 4. The number of pyridine rings is 1. The number of piperidine rings is 1. The van der Waals surface area contributed by atoms with Crippen molar-refractivity contribution in [1.82, 2.24) is 35.8 Å². The molecule has 0 aromatic carbocycles. The summed E-state index contributed by atoms with van der Waals surface area (Å²) in [5.74, 6) is 0.259. The maximum atomic E-state index is 12.4. The van der Waals surface area contributed by atoms with Gasteiger partial charge in [-0.25, -0.2) is 4.98 Å². The zero-order chi connectivity index (χ0) is 15.4. The van der Waals surface area contributed by atoms with Crippen molar-refractivity contribution in [2.75, 3.05) is 20.2 Å². The second-order valence-electron chi connectivity index (χ2n) is 4.98. The van der Waals surface area contributed by atoms with E-state index in [1.165, 1.54) is 11.0 Å². The van der Waals surface area contributed by atoms with Gasteiger partial charge in [-0.3, -0.25) is 4.79 Å². The highest BCUT2D eigenvalue weighted by atomic mass is 16.5. The Labute approximate surface area is 127 Å². The Hall–Kier alpha value is -2.39. The summed E-state index contributed by atoms with van der Waals surface area (Å²) in [4.78, 5) is 16.7. The van der Waals surface area contributed by atoms with E-state index in [1.54, 1.807) is 25.3 Å². The maximum absolute atomic E-state index is 12.4. The van der Waals surface area contributed by atoms with Crippen LogP contribution in [0, 0.1) is 0 Å². The van der Waals surface area contributed by atoms with Crippen LogP contribution in [-0.2, 0) is 4.74 Å². The molecule has 3 rings (SSSR count). The smallest absolute Gasteiger partial charge is 0.270 e. The van der Waals surface area contributed by atoms with Crippen molar-refractivity contribution in [3.63, 3.8) is 0 Å². The number of hydrogen-bond acceptors (Lipinski definition) is 7. The fourth-order valence-electron chi connectivity index (χ4n) is 2.43. The summed E-state index contributed by atoms with van der Waals surface area (Å²) < 4.78 is 6.80. The zero-order valence-corrected chi connectivity index (χ0v) is 12.1. The minimum absolute atomic E-state index is 0.0303. The van der Waals surface area contributed by atoms with Crippen LogP contribution in [0.2, 0.25) is 0 Å². The van der Waals surface area contributed by atoms with E-state index in [0.717, 1.165) is 19.5 Å². The largest absolute Gasteiger partial charge is 0.378 e. The van der Waals surface area contributed by atoms with E-state index >= 15 is 0 Å². The number of methoxy groups -OCH3 is 1. The molecule has 1 saturated heterocycles. The van der Waals surface area contributed by atoms with Crippen molar-refractivity contribution in [3.05, 3.63) is 30.2 Å². The number of carbonyl (C=O) groups is 1. The second kappa shape index (κ2) is 6.58. The van der Waals surface area contributed by atoms with E-state index < -0.39 is 0 Å². The van der Waals surface area contributed by atoms with Gasteiger partial charge < -0.3 is 15.4 Å². The van der Waals surface area contributed by atoms with Crippen LogP contribution in [0.5, 0.6) is 0 Å². The molecule has 2 aromatic heterocycles. The minimum atomic E-state index is -0.233. The normalized spacial score (nSPS) is 21.5. The van der Waals surface area contributed by atoms with Gasteiger partial charge in [0.25, 0.3) is 5.91 Å². The fourth-order valence-corrected chi connectivity index (χ4v) is 2.43. The van der Waals surface area contributed by atoms with Crippen molar-refractivity contribution in [2.24, 2.45) is 0 Å². The molecular weight excluding hydrogens is 286 g/mol. The summed E-state index contributed by atoms with van der Waals surface area (Å²) in [5.41, 5.74) is 0.321. The third kappa shape index (κ3) is 3.10. The van der Waals surface area contributed by atoms with Gasteiger partial charge >= 0.3 is 0 Å². The maximum Gasteiger partial charge on any atom is 0.270 e. The van der Waals surface area contributed by atoms with Crippen molar-refractivity contribution >= 4 is 5.91 Å². The highest BCUT2D eigenvalue weighted by molar-refractivity contribution is 5.92. The van der Waals surface area contributed by atoms with Crippen molar-refractivity contribution in [2.45, 2.75) is 18.6 Å². The van der Waals surface area contributed by atoms with Crippen molar-refractivity contribution in [3.8, 4) is 5.82 Å². The summed E-state index contributed by atoms with van der Waals surface area (Å²) in [5, 5.41) is 17.1. The molecule has 0 unspecified atom stereocenters. The van der Waals surface area contributed by atoms with Crippen molar-refractivity contribution < 1.29 is 9.53 Å². The Morgan fingerprint density at radius 2 is 2.41 bits per heavy atom. The molecule has 1 aliphatic heterocycles. The Kier molecular flexibility index (Phi) is 4.35. The Morgan fingerprint density at radius 1 is 1.50 bits per heavy atom. The van der Waals surface area contributed by atoms with Gasteiger partial charge in [-0.05, 0) is 35.5 Å². The molecule has 0 bridgehead atoms. The Balaban J connectivity index is 1.73. The number of aromatic nitrogens is 5. The van der Waals surface area contributed by atoms with Crippen LogP contribution in [0.25, 0.3) is 5.82 Å². The standard InChI is InChI=1S/C13H17N7O2/c1-22-11-7-14-6-5-9(11)17-13(21)10-3-2-4-12(16-10)20-8-15-18-19-20/h2-4,8-9,11,14H,5-7H2,1H3,(H,17,21)/t9-,11+/m0/s1. The van der Waals surface area contributed by atoms with E-state index in [2.05, 4.69) is 31.1 Å². The van der Waals surface area contributed by atoms with Gasteiger partial charge in [0.05, 0.1) is 12.1 Å². The summed E-state index contributed by atoms with van der Waals surface area (Å²) in [7, 11) is 1.65. The van der Waals surface area contributed by atoms with Crippen LogP contribution in [0.4, 0.5) is 0 Å². The van der Waals surface area contributed by atoms with Crippen LogP contribution in [0.3, 0.4) is 0 Å². The lowest BCUT2D eigenvalue weighted by atomic mass is 10.0. The van der Waals surface area contributed by atoms with Crippen LogP contribution >= 0.6 is 0 Å². The molecule has 2 N–H and O–H groups in total. The Bertz CT molecular complexity index is 631. The summed E-state index contributed by atoms with van der Waals surface area (Å²) >= 11 is 0. The molecule has 9 heteroatoms. The average molecular weight is 303 g/mol. The van der Waals surface area contributed by atoms with Gasteiger partial charge in [0.1, 0.15) is 12.0 Å². The average Bonchev–Trinajstić information content (AvgIpc) is 3.10. The molecule has 1 aliphatic rings. The number of tetrazole rings is 1. The van der Waals surface area contributed by atoms with E-state index in [1.807, 2.05) is 0 Å². The predicted octanol–water partition coefficient (Wildman–Crippen LogP) is -0.836. The fraction of sp³-hybridized carbons (Fsp3) is 0.462. The number of hydrogen-bond donors (Lipinski definition) is 2. The SMILES string of the molecule is CO[C@@H]1CNCC[C@@H]1NC(=O)c1cccc(-n2cnnn2)n1. The molecule has 9 nitrogen and oxygen atoms in total. The third-order valence-corrected chi connectivity index (χ3v) is 3.60. The van der Waals surface area contributed by atoms with Gasteiger partial charge in [0.15, 0.2) is 5.82 Å². The van der Waals surface area contributed by atoms with E-state index in [4.69, 9.17) is 4.74 Å². The van der Waals surface area contributed by atoms with E-state index in [-0.39, 0.29) is 18.1 Å². The van der Waals surface area contributed by atoms with Crippen molar-refractivity contribution in [1.29, 1.82) is 0 Å². The molecule has 2 atom stereocenters. The lowest BCUT2D eigenvalue weighted by Crippen LogP contribution is -2.53. The first kappa shape index (κ1) is 14.5. The minimum Gasteiger partial charge on any atom is -0.378 e. The molecule has 116 valence electrons. The molecule has 0 aliphatic carbocycles. The van der Waals surface area contributed by atoms with Gasteiger partial charge in [-0.2, -0.15) is 4.68 Å². The summed E-state index contributed by atoms with van der Waals surface area (Å²) in [6, 6.07) is 5.11. The molecule has 1 fully saturated rings. The van der Waals surface area contributed by atoms with Gasteiger partial charge in [-0.1, -0.05) is 6.07 Å². The molecule has 22 heavy (non-hydrogen) atoms. The highest BCUT2D eigenvalue weighted by Crippen LogP contribution is 2.09. The summed E-state index contributed by atoms with van der Waals surface area (Å²) in [6.07, 6.45) is 2.20. The number of nitrogens with zero attached hydrogens (tertiary/aromatic N) is 5. The molecule has 0 radical (unpaired) electrons. The Morgan fingerprint density at radius 3 is 3.18 bits per heavy atom. The first-order chi connectivity index (χ1) is 10.8. The van der Waals surface area contributed by atoms with Gasteiger partial charge in [0.2, 0.25) is 0 Å². The molecule has 1 amide bonds. The lowest BCUT2D eigenvalue weighted by Gasteiger charge is -2.31. The molecule has 3 heterocycles. The van der Waals surface area contributed by atoms with Crippen LogP contribution in [0.1, 0.15) is 16.9 Å². The quantitative estimate of drug-likeness (QED) is 0.758. The molecule has 0 spiro atoms. The third-order valence-electron chi connectivity index (χ3n) is 3.60. The van der Waals surface area contributed by atoms with Crippen LogP contribution in [0.15, 0.2) is 24.5 Å². The monoisotopic (exact) mass is 303 g/mol. The van der Waals surface area contributed by atoms with Gasteiger partial charge in [-0.15, -0.1) is 5.10 Å². The van der Waals surface area contributed by atoms with Gasteiger partial charge in [0, 0.05) is 13.7 Å². The number of carbonyl (C=O) groups excluding carboxylic acids is 1. The van der Waals surface area contributed by atoms with E-state index in [0.29, 0.717) is 11.5 Å². The molecular formula is C13H17N7O2. The first-order valence-electron chi connectivity index (χ1n) is 7.02. The molecule has 2 aromatic rings. The number of amides is 1. The molecule has 0 saturated carbocycles. The predicted molar refractivity (Wildman–Crippen MR) is 76.5 cm³/mol. The van der Waals surface area contributed by atoms with E-state index in [9.17, 15) is 4.79 Å². The second-order valence-corrected chi connectivity index (χ2v) is 4.98. The lowest BCUT2D eigenvalue weighted by molar-refractivity contribution is 0.0475. The highest BCUT2D eigenvalue weighted by Gasteiger charge is 2.26. The van der Waals surface area contributed by atoms with Crippen LogP contribution in [-0.4, -0.2) is 63.4 Å². The number of ether oxygens (including phenoxy) is 1. The topological polar surface area (TPSA) is 107 Å². The number of nitrogens with one attached hydrogen (secondary N) is 2. The summed E-state index contributed by atoms with van der Waals surface area (Å²) in [6.45, 7) is 1.57. The first-order valence-corrected chi connectivity index (χ1v) is 7.02. The zero-order valence-electron chi connectivity index (χ0n) is 12.1.